The normalized spacial score (nSPS) is 10.1. The number of anilines is 2. The van der Waals surface area contributed by atoms with E-state index in [0.29, 0.717) is 0 Å². The van der Waals surface area contributed by atoms with Gasteiger partial charge in [0.1, 0.15) is 0 Å². The highest BCUT2D eigenvalue weighted by molar-refractivity contribution is 5.54. The molecule has 0 aromatic heterocycles. The number of hydrogen-bond acceptors (Lipinski definition) is 3. The average molecular weight is 265 g/mol. The van der Waals surface area contributed by atoms with Crippen LogP contribution in [0.5, 0.6) is 0 Å². The summed E-state index contributed by atoms with van der Waals surface area (Å²) in [6.45, 7) is 5.85. The third-order valence-corrected chi connectivity index (χ3v) is 3.43. The molecule has 0 heterocycles. The highest BCUT2D eigenvalue weighted by atomic mass is 15.1. The number of nitrogens with zero attached hydrogens (tertiary/aromatic N) is 2. The lowest BCUT2D eigenvalue weighted by Crippen LogP contribution is -2.22. The van der Waals surface area contributed by atoms with Crippen molar-refractivity contribution < 1.29 is 0 Å². The van der Waals surface area contributed by atoms with Crippen LogP contribution in [0, 0.1) is 18.3 Å². The smallest absolute Gasteiger partial charge is 0.0994 e. The standard InChI is InChI=1S/C17H19N3/c1-3-20(12-14-4-7-16(19)8-5-14)17-9-6-15(11-18)13(2)10-17/h4-10H,3,12,19H2,1-2H3. The van der Waals surface area contributed by atoms with Crippen LogP contribution in [0.3, 0.4) is 0 Å². The molecule has 2 aromatic carbocycles. The lowest BCUT2D eigenvalue weighted by molar-refractivity contribution is 0.831. The van der Waals surface area contributed by atoms with E-state index in [-0.39, 0.29) is 0 Å². The van der Waals surface area contributed by atoms with E-state index in [1.165, 1.54) is 5.56 Å². The van der Waals surface area contributed by atoms with Crippen molar-refractivity contribution in [2.24, 2.45) is 0 Å². The number of nitrogens with two attached hydrogens (primary N) is 1. The molecule has 0 atom stereocenters. The average Bonchev–Trinajstić information content (AvgIpc) is 2.46. The molecule has 0 unspecified atom stereocenters. The first-order valence-corrected chi connectivity index (χ1v) is 6.74. The first kappa shape index (κ1) is 14.0. The van der Waals surface area contributed by atoms with Crippen molar-refractivity contribution in [3.63, 3.8) is 0 Å². The second kappa shape index (κ2) is 6.12. The van der Waals surface area contributed by atoms with Crippen molar-refractivity contribution in [2.75, 3.05) is 17.2 Å². The van der Waals surface area contributed by atoms with Gasteiger partial charge in [-0.2, -0.15) is 5.26 Å². The molecule has 0 radical (unpaired) electrons. The van der Waals surface area contributed by atoms with E-state index < -0.39 is 0 Å². The number of nitrogen functional groups attached to an aromatic ring is 1. The molecule has 0 aliphatic carbocycles. The summed E-state index contributed by atoms with van der Waals surface area (Å²) in [5.74, 6) is 0. The molecule has 0 bridgehead atoms. The van der Waals surface area contributed by atoms with E-state index in [9.17, 15) is 0 Å². The van der Waals surface area contributed by atoms with E-state index >= 15 is 0 Å². The van der Waals surface area contributed by atoms with Crippen LogP contribution in [0.15, 0.2) is 42.5 Å². The molecule has 0 aliphatic heterocycles. The van der Waals surface area contributed by atoms with Gasteiger partial charge in [-0.1, -0.05) is 12.1 Å². The summed E-state index contributed by atoms with van der Waals surface area (Å²) in [6, 6.07) is 16.1. The fraction of sp³-hybridized carbons (Fsp3) is 0.235. The molecular formula is C17H19N3. The van der Waals surface area contributed by atoms with Crippen LogP contribution < -0.4 is 10.6 Å². The molecule has 2 aromatic rings. The first-order valence-electron chi connectivity index (χ1n) is 6.74. The Kier molecular flexibility index (Phi) is 4.27. The summed E-state index contributed by atoms with van der Waals surface area (Å²) >= 11 is 0. The van der Waals surface area contributed by atoms with Crippen LogP contribution in [0.2, 0.25) is 0 Å². The second-order valence-electron chi connectivity index (χ2n) is 4.87. The monoisotopic (exact) mass is 265 g/mol. The molecule has 2 N–H and O–H groups in total. The Bertz CT molecular complexity index is 624. The molecule has 3 heteroatoms. The Morgan fingerprint density at radius 2 is 1.85 bits per heavy atom. The summed E-state index contributed by atoms with van der Waals surface area (Å²) in [6.07, 6.45) is 0. The van der Waals surface area contributed by atoms with Gasteiger partial charge in [-0.05, 0) is 55.3 Å². The largest absolute Gasteiger partial charge is 0.399 e. The van der Waals surface area contributed by atoms with Gasteiger partial charge in [0.05, 0.1) is 11.6 Å². The predicted octanol–water partition coefficient (Wildman–Crippen LogP) is 3.48. The molecule has 3 nitrogen and oxygen atoms in total. The van der Waals surface area contributed by atoms with Gasteiger partial charge in [-0.15, -0.1) is 0 Å². The number of rotatable bonds is 4. The van der Waals surface area contributed by atoms with Crippen molar-refractivity contribution in [1.82, 2.24) is 0 Å². The van der Waals surface area contributed by atoms with Crippen LogP contribution in [0.4, 0.5) is 11.4 Å². The molecule has 0 saturated carbocycles. The first-order chi connectivity index (χ1) is 9.63. The van der Waals surface area contributed by atoms with Crippen LogP contribution in [-0.4, -0.2) is 6.54 Å². The fourth-order valence-electron chi connectivity index (χ4n) is 2.20. The molecule has 0 spiro atoms. The number of benzene rings is 2. The predicted molar refractivity (Wildman–Crippen MR) is 83.5 cm³/mol. The molecule has 0 amide bonds. The Morgan fingerprint density at radius 1 is 1.15 bits per heavy atom. The minimum Gasteiger partial charge on any atom is -0.399 e. The Labute approximate surface area is 120 Å². The zero-order valence-corrected chi connectivity index (χ0v) is 11.9. The van der Waals surface area contributed by atoms with Crippen molar-refractivity contribution in [3.05, 3.63) is 59.2 Å². The van der Waals surface area contributed by atoms with E-state index in [0.717, 1.165) is 35.6 Å². The van der Waals surface area contributed by atoms with Crippen molar-refractivity contribution in [1.29, 1.82) is 5.26 Å². The van der Waals surface area contributed by atoms with Gasteiger partial charge < -0.3 is 10.6 Å². The molecular weight excluding hydrogens is 246 g/mol. The molecule has 0 fully saturated rings. The molecule has 20 heavy (non-hydrogen) atoms. The van der Waals surface area contributed by atoms with Gasteiger partial charge in [0.15, 0.2) is 0 Å². The maximum Gasteiger partial charge on any atom is 0.0994 e. The van der Waals surface area contributed by atoms with Crippen LogP contribution in [0.25, 0.3) is 0 Å². The van der Waals surface area contributed by atoms with E-state index in [1.54, 1.807) is 0 Å². The summed E-state index contributed by atoms with van der Waals surface area (Å²) in [4.78, 5) is 2.28. The number of nitriles is 1. The van der Waals surface area contributed by atoms with Crippen LogP contribution in [-0.2, 0) is 6.54 Å². The quantitative estimate of drug-likeness (QED) is 0.861. The lowest BCUT2D eigenvalue weighted by Gasteiger charge is -2.24. The van der Waals surface area contributed by atoms with Crippen LogP contribution in [0.1, 0.15) is 23.6 Å². The topological polar surface area (TPSA) is 53.0 Å². The maximum atomic E-state index is 8.99. The minimum atomic E-state index is 0.734. The Morgan fingerprint density at radius 3 is 2.40 bits per heavy atom. The number of hydrogen-bond donors (Lipinski definition) is 1. The molecule has 0 aliphatic rings. The Hall–Kier alpha value is -2.47. The van der Waals surface area contributed by atoms with Crippen LogP contribution >= 0.6 is 0 Å². The minimum absolute atomic E-state index is 0.734. The third kappa shape index (κ3) is 3.10. The van der Waals surface area contributed by atoms with E-state index in [2.05, 4.69) is 36.1 Å². The molecule has 2 rings (SSSR count). The molecule has 0 saturated heterocycles. The zero-order chi connectivity index (χ0) is 14.5. The summed E-state index contributed by atoms with van der Waals surface area (Å²) in [5, 5.41) is 8.99. The van der Waals surface area contributed by atoms with Gasteiger partial charge in [0.25, 0.3) is 0 Å². The van der Waals surface area contributed by atoms with E-state index in [1.807, 2.05) is 31.2 Å². The van der Waals surface area contributed by atoms with Crippen molar-refractivity contribution in [2.45, 2.75) is 20.4 Å². The lowest BCUT2D eigenvalue weighted by atomic mass is 10.1. The summed E-state index contributed by atoms with van der Waals surface area (Å²) in [7, 11) is 0. The zero-order valence-electron chi connectivity index (χ0n) is 11.9. The van der Waals surface area contributed by atoms with Gasteiger partial charge in [-0.3, -0.25) is 0 Å². The second-order valence-corrected chi connectivity index (χ2v) is 4.87. The third-order valence-electron chi connectivity index (χ3n) is 3.43. The van der Waals surface area contributed by atoms with Crippen molar-refractivity contribution in [3.8, 4) is 6.07 Å². The van der Waals surface area contributed by atoms with Gasteiger partial charge in [0, 0.05) is 24.5 Å². The summed E-state index contributed by atoms with van der Waals surface area (Å²) in [5.41, 5.74) is 10.6. The molecule has 102 valence electrons. The van der Waals surface area contributed by atoms with Gasteiger partial charge in [-0.25, -0.2) is 0 Å². The fourth-order valence-corrected chi connectivity index (χ4v) is 2.20. The maximum absolute atomic E-state index is 8.99. The SMILES string of the molecule is CCN(Cc1ccc(N)cc1)c1ccc(C#N)c(C)c1. The Balaban J connectivity index is 2.22. The van der Waals surface area contributed by atoms with E-state index in [4.69, 9.17) is 11.0 Å². The summed E-state index contributed by atoms with van der Waals surface area (Å²) < 4.78 is 0. The van der Waals surface area contributed by atoms with Gasteiger partial charge in [0.2, 0.25) is 0 Å². The number of aryl methyl sites for hydroxylation is 1. The highest BCUT2D eigenvalue weighted by Crippen LogP contribution is 2.21. The highest BCUT2D eigenvalue weighted by Gasteiger charge is 2.07. The van der Waals surface area contributed by atoms with Crippen molar-refractivity contribution >= 4 is 11.4 Å². The van der Waals surface area contributed by atoms with Gasteiger partial charge >= 0.3 is 0 Å².